The third-order valence-electron chi connectivity index (χ3n) is 3.72. The lowest BCUT2D eigenvalue weighted by Gasteiger charge is -2.02. The van der Waals surface area contributed by atoms with Crippen LogP contribution in [0.25, 0.3) is 10.9 Å². The summed E-state index contributed by atoms with van der Waals surface area (Å²) < 4.78 is 10.6. The maximum Gasteiger partial charge on any atom is 0.231 e. The van der Waals surface area contributed by atoms with E-state index in [1.165, 1.54) is 0 Å². The number of aryl methyl sites for hydroxylation is 1. The second-order valence-corrected chi connectivity index (χ2v) is 5.15. The number of H-pyrrole nitrogens is 1. The van der Waals surface area contributed by atoms with Crippen LogP contribution in [-0.2, 0) is 0 Å². The molecule has 4 rings (SSSR count). The van der Waals surface area contributed by atoms with Gasteiger partial charge in [0.15, 0.2) is 17.3 Å². The van der Waals surface area contributed by atoms with E-state index in [4.69, 9.17) is 9.47 Å². The van der Waals surface area contributed by atoms with Gasteiger partial charge in [-0.1, -0.05) is 12.1 Å². The van der Waals surface area contributed by atoms with Crippen LogP contribution in [0.4, 0.5) is 0 Å². The average molecular weight is 279 g/mol. The van der Waals surface area contributed by atoms with E-state index in [0.29, 0.717) is 22.6 Å². The molecule has 0 saturated carbocycles. The fraction of sp³-hybridized carbons (Fsp3) is 0.118. The Hall–Kier alpha value is -2.75. The number of rotatable bonds is 2. The third-order valence-corrected chi connectivity index (χ3v) is 3.72. The van der Waals surface area contributed by atoms with Crippen LogP contribution in [0.2, 0.25) is 0 Å². The van der Waals surface area contributed by atoms with Gasteiger partial charge in [0, 0.05) is 28.2 Å². The molecule has 21 heavy (non-hydrogen) atoms. The Bertz CT molecular complexity index is 864. The molecule has 0 fully saturated rings. The number of benzene rings is 2. The van der Waals surface area contributed by atoms with E-state index >= 15 is 0 Å². The monoisotopic (exact) mass is 279 g/mol. The average Bonchev–Trinajstić information content (AvgIpc) is 3.11. The quantitative estimate of drug-likeness (QED) is 0.731. The zero-order valence-corrected chi connectivity index (χ0v) is 11.5. The normalized spacial score (nSPS) is 12.8. The van der Waals surface area contributed by atoms with Crippen molar-refractivity contribution in [3.8, 4) is 11.5 Å². The number of ketones is 1. The minimum Gasteiger partial charge on any atom is -0.454 e. The number of hydrogen-bond donors (Lipinski definition) is 1. The topological polar surface area (TPSA) is 51.3 Å². The first kappa shape index (κ1) is 12.0. The van der Waals surface area contributed by atoms with E-state index in [2.05, 4.69) is 4.98 Å². The van der Waals surface area contributed by atoms with Crippen molar-refractivity contribution >= 4 is 16.7 Å². The van der Waals surface area contributed by atoms with Gasteiger partial charge >= 0.3 is 0 Å². The summed E-state index contributed by atoms with van der Waals surface area (Å²) in [5, 5.41) is 0.934. The van der Waals surface area contributed by atoms with Crippen LogP contribution in [0.15, 0.2) is 42.6 Å². The molecule has 0 bridgehead atoms. The first-order chi connectivity index (χ1) is 10.2. The minimum absolute atomic E-state index is 0.0246. The van der Waals surface area contributed by atoms with E-state index in [-0.39, 0.29) is 12.6 Å². The van der Waals surface area contributed by atoms with E-state index in [0.717, 1.165) is 16.5 Å². The number of hydrogen-bond acceptors (Lipinski definition) is 3. The van der Waals surface area contributed by atoms with Gasteiger partial charge < -0.3 is 14.5 Å². The Balaban J connectivity index is 1.79. The third kappa shape index (κ3) is 1.88. The molecule has 1 aliphatic heterocycles. The number of carbonyl (C=O) groups is 1. The van der Waals surface area contributed by atoms with Gasteiger partial charge in [-0.2, -0.15) is 0 Å². The standard InChI is InChI=1S/C17H13NO3/c1-10-2-4-12-13(8-18-14(12)6-10)17(19)11-3-5-15-16(7-11)21-9-20-15/h2-8,18H,9H2,1H3. The van der Waals surface area contributed by atoms with Gasteiger partial charge in [-0.3, -0.25) is 4.79 Å². The highest BCUT2D eigenvalue weighted by Crippen LogP contribution is 2.33. The van der Waals surface area contributed by atoms with E-state index < -0.39 is 0 Å². The van der Waals surface area contributed by atoms with Crippen LogP contribution in [0.1, 0.15) is 21.5 Å². The van der Waals surface area contributed by atoms with Crippen molar-refractivity contribution in [2.75, 3.05) is 6.79 Å². The Kier molecular flexibility index (Phi) is 2.51. The number of carbonyl (C=O) groups excluding carboxylic acids is 1. The summed E-state index contributed by atoms with van der Waals surface area (Å²) in [6.45, 7) is 2.24. The zero-order chi connectivity index (χ0) is 14.4. The maximum absolute atomic E-state index is 12.7. The van der Waals surface area contributed by atoms with Gasteiger partial charge in [0.05, 0.1) is 0 Å². The Morgan fingerprint density at radius 3 is 2.86 bits per heavy atom. The number of aromatic amines is 1. The maximum atomic E-state index is 12.7. The molecule has 4 nitrogen and oxygen atoms in total. The molecule has 0 atom stereocenters. The lowest BCUT2D eigenvalue weighted by Crippen LogP contribution is -2.00. The largest absolute Gasteiger partial charge is 0.454 e. The summed E-state index contributed by atoms with van der Waals surface area (Å²) in [5.41, 5.74) is 3.40. The summed E-state index contributed by atoms with van der Waals surface area (Å²) in [6, 6.07) is 11.3. The predicted molar refractivity (Wildman–Crippen MR) is 79.0 cm³/mol. The number of nitrogens with one attached hydrogen (secondary N) is 1. The van der Waals surface area contributed by atoms with E-state index in [1.54, 1.807) is 24.4 Å². The molecule has 104 valence electrons. The number of aromatic nitrogens is 1. The van der Waals surface area contributed by atoms with Gasteiger partial charge in [-0.25, -0.2) is 0 Å². The van der Waals surface area contributed by atoms with Crippen LogP contribution < -0.4 is 9.47 Å². The molecular weight excluding hydrogens is 266 g/mol. The Morgan fingerprint density at radius 2 is 1.95 bits per heavy atom. The van der Waals surface area contributed by atoms with Crippen LogP contribution in [-0.4, -0.2) is 17.6 Å². The summed E-state index contributed by atoms with van der Waals surface area (Å²) in [6.07, 6.45) is 1.76. The van der Waals surface area contributed by atoms with Crippen LogP contribution in [0, 0.1) is 6.92 Å². The van der Waals surface area contributed by atoms with Crippen molar-refractivity contribution in [3.63, 3.8) is 0 Å². The molecule has 0 spiro atoms. The molecule has 3 aromatic rings. The van der Waals surface area contributed by atoms with Crippen molar-refractivity contribution < 1.29 is 14.3 Å². The molecule has 4 heteroatoms. The van der Waals surface area contributed by atoms with E-state index in [1.807, 2.05) is 25.1 Å². The summed E-state index contributed by atoms with van der Waals surface area (Å²) in [4.78, 5) is 15.8. The molecule has 0 saturated heterocycles. The highest BCUT2D eigenvalue weighted by Gasteiger charge is 2.19. The van der Waals surface area contributed by atoms with Gasteiger partial charge in [0.2, 0.25) is 6.79 Å². The van der Waals surface area contributed by atoms with Crippen molar-refractivity contribution in [2.45, 2.75) is 6.92 Å². The first-order valence-electron chi connectivity index (χ1n) is 6.74. The highest BCUT2D eigenvalue weighted by molar-refractivity contribution is 6.16. The Morgan fingerprint density at radius 1 is 1.10 bits per heavy atom. The SMILES string of the molecule is Cc1ccc2c(C(=O)c3ccc4c(c3)OCO4)c[nH]c2c1. The van der Waals surface area contributed by atoms with Crippen LogP contribution in [0.5, 0.6) is 11.5 Å². The molecule has 1 N–H and O–H groups in total. The van der Waals surface area contributed by atoms with Crippen LogP contribution in [0.3, 0.4) is 0 Å². The first-order valence-corrected chi connectivity index (χ1v) is 6.74. The molecular formula is C17H13NO3. The fourth-order valence-electron chi connectivity index (χ4n) is 2.62. The van der Waals surface area contributed by atoms with Crippen molar-refractivity contribution in [2.24, 2.45) is 0 Å². The smallest absolute Gasteiger partial charge is 0.231 e. The second-order valence-electron chi connectivity index (χ2n) is 5.15. The minimum atomic E-state index is -0.0246. The Labute approximate surface area is 121 Å². The van der Waals surface area contributed by atoms with Gasteiger partial charge in [0.1, 0.15) is 0 Å². The molecule has 1 aliphatic rings. The van der Waals surface area contributed by atoms with Crippen molar-refractivity contribution in [1.29, 1.82) is 0 Å². The molecule has 0 amide bonds. The number of fused-ring (bicyclic) bond motifs is 2. The summed E-state index contributed by atoms with van der Waals surface area (Å²) in [5.74, 6) is 1.28. The molecule has 2 aromatic carbocycles. The second kappa shape index (κ2) is 4.38. The molecule has 0 radical (unpaired) electrons. The lowest BCUT2D eigenvalue weighted by atomic mass is 10.0. The van der Waals surface area contributed by atoms with Crippen molar-refractivity contribution in [3.05, 3.63) is 59.3 Å². The molecule has 1 aromatic heterocycles. The molecule has 0 unspecified atom stereocenters. The zero-order valence-electron chi connectivity index (χ0n) is 11.5. The van der Waals surface area contributed by atoms with Gasteiger partial charge in [-0.15, -0.1) is 0 Å². The van der Waals surface area contributed by atoms with E-state index in [9.17, 15) is 4.79 Å². The molecule has 0 aliphatic carbocycles. The predicted octanol–water partition coefficient (Wildman–Crippen LogP) is 3.44. The number of ether oxygens (including phenoxy) is 2. The lowest BCUT2D eigenvalue weighted by molar-refractivity contribution is 0.104. The summed E-state index contributed by atoms with van der Waals surface area (Å²) in [7, 11) is 0. The van der Waals surface area contributed by atoms with Crippen LogP contribution >= 0.6 is 0 Å². The molecule has 2 heterocycles. The van der Waals surface area contributed by atoms with Gasteiger partial charge in [-0.05, 0) is 36.8 Å². The van der Waals surface area contributed by atoms with Gasteiger partial charge in [0.25, 0.3) is 0 Å². The highest BCUT2D eigenvalue weighted by atomic mass is 16.7. The summed E-state index contributed by atoms with van der Waals surface area (Å²) >= 11 is 0. The fourth-order valence-corrected chi connectivity index (χ4v) is 2.62. The van der Waals surface area contributed by atoms with Crippen molar-refractivity contribution in [1.82, 2.24) is 4.98 Å².